The number of hydrogen-bond donors (Lipinski definition) is 4. The summed E-state index contributed by atoms with van der Waals surface area (Å²) < 4.78 is 0. The van der Waals surface area contributed by atoms with E-state index in [0.29, 0.717) is 12.8 Å². The molecule has 0 aromatic rings. The van der Waals surface area contributed by atoms with Crippen LogP contribution in [0.2, 0.25) is 0 Å². The molecule has 1 amide bonds. The summed E-state index contributed by atoms with van der Waals surface area (Å²) in [6.45, 7) is 4.13. The van der Waals surface area contributed by atoms with E-state index in [1.165, 1.54) is 148 Å². The van der Waals surface area contributed by atoms with Crippen LogP contribution in [0.4, 0.5) is 0 Å². The minimum atomic E-state index is -1.16. The Morgan fingerprint density at radius 1 is 0.500 bits per heavy atom. The molecule has 4 N–H and O–H groups in total. The summed E-state index contributed by atoms with van der Waals surface area (Å²) in [6.07, 6.45) is 49.7. The SMILES string of the molecule is CCCCC/C=C\C=C/CCCCCCCCC(=O)NC(CO)C(O)C(O)CCC/C=C/CCCCCCCCCCCCCCCCCC. The number of allylic oxidation sites excluding steroid dienone is 6. The van der Waals surface area contributed by atoms with Crippen LogP contribution in [0, 0.1) is 0 Å². The number of carbonyl (C=O) groups excluding carboxylic acids is 1. The first-order chi connectivity index (χ1) is 24.6. The molecule has 0 aliphatic rings. The summed E-state index contributed by atoms with van der Waals surface area (Å²) in [5.41, 5.74) is 0. The van der Waals surface area contributed by atoms with Gasteiger partial charge in [0.2, 0.25) is 5.91 Å². The average molecular weight is 704 g/mol. The average Bonchev–Trinajstić information content (AvgIpc) is 3.12. The first kappa shape index (κ1) is 48.6. The van der Waals surface area contributed by atoms with Crippen LogP contribution >= 0.6 is 0 Å². The van der Waals surface area contributed by atoms with E-state index in [2.05, 4.69) is 55.6 Å². The van der Waals surface area contributed by atoms with E-state index in [1.807, 2.05) is 0 Å². The highest BCUT2D eigenvalue weighted by atomic mass is 16.3. The maximum absolute atomic E-state index is 12.4. The van der Waals surface area contributed by atoms with Gasteiger partial charge < -0.3 is 20.6 Å². The molecule has 0 saturated heterocycles. The fourth-order valence-corrected chi connectivity index (χ4v) is 6.56. The molecule has 0 aromatic heterocycles. The smallest absolute Gasteiger partial charge is 0.220 e. The van der Waals surface area contributed by atoms with Crippen LogP contribution in [0.1, 0.15) is 219 Å². The van der Waals surface area contributed by atoms with Gasteiger partial charge in [-0.15, -0.1) is 0 Å². The number of aliphatic hydroxyl groups excluding tert-OH is 3. The zero-order chi connectivity index (χ0) is 36.6. The predicted octanol–water partition coefficient (Wildman–Crippen LogP) is 12.4. The highest BCUT2D eigenvalue weighted by molar-refractivity contribution is 5.76. The van der Waals surface area contributed by atoms with E-state index in [1.54, 1.807) is 0 Å². The molecule has 50 heavy (non-hydrogen) atoms. The largest absolute Gasteiger partial charge is 0.394 e. The van der Waals surface area contributed by atoms with Gasteiger partial charge in [-0.25, -0.2) is 0 Å². The Balaban J connectivity index is 3.68. The number of unbranched alkanes of at least 4 members (excludes halogenated alkanes) is 26. The molecule has 0 aliphatic carbocycles. The van der Waals surface area contributed by atoms with Gasteiger partial charge in [0.25, 0.3) is 0 Å². The quantitative estimate of drug-likeness (QED) is 0.0291. The minimum absolute atomic E-state index is 0.166. The molecular formula is C45H85NO4. The molecule has 0 saturated carbocycles. The fraction of sp³-hybridized carbons (Fsp3) is 0.844. The van der Waals surface area contributed by atoms with Crippen LogP contribution in [0.25, 0.3) is 0 Å². The Morgan fingerprint density at radius 2 is 0.860 bits per heavy atom. The van der Waals surface area contributed by atoms with Crippen molar-refractivity contribution in [1.82, 2.24) is 5.32 Å². The Bertz CT molecular complexity index is 779. The third kappa shape index (κ3) is 35.0. The monoisotopic (exact) mass is 704 g/mol. The van der Waals surface area contributed by atoms with Crippen LogP contribution in [0.15, 0.2) is 36.5 Å². The maximum Gasteiger partial charge on any atom is 0.220 e. The Morgan fingerprint density at radius 3 is 1.32 bits per heavy atom. The Kier molecular flexibility index (Phi) is 39.2. The number of amides is 1. The van der Waals surface area contributed by atoms with Gasteiger partial charge in [0.05, 0.1) is 18.8 Å². The number of nitrogens with one attached hydrogen (secondary N) is 1. The van der Waals surface area contributed by atoms with Crippen molar-refractivity contribution in [3.8, 4) is 0 Å². The normalized spacial score (nSPS) is 13.9. The minimum Gasteiger partial charge on any atom is -0.394 e. The van der Waals surface area contributed by atoms with Crippen molar-refractivity contribution in [2.45, 2.75) is 238 Å². The van der Waals surface area contributed by atoms with Gasteiger partial charge in [0.15, 0.2) is 0 Å². The van der Waals surface area contributed by atoms with Crippen LogP contribution in [-0.2, 0) is 4.79 Å². The third-order valence-corrected chi connectivity index (χ3v) is 9.99. The van der Waals surface area contributed by atoms with Crippen LogP contribution < -0.4 is 5.32 Å². The van der Waals surface area contributed by atoms with Gasteiger partial charge in [0.1, 0.15) is 6.10 Å². The van der Waals surface area contributed by atoms with Gasteiger partial charge in [-0.05, 0) is 64.2 Å². The number of hydrogen-bond acceptors (Lipinski definition) is 4. The van der Waals surface area contributed by atoms with Crippen molar-refractivity contribution in [3.05, 3.63) is 36.5 Å². The Hall–Kier alpha value is -1.43. The molecule has 294 valence electrons. The molecule has 0 aromatic carbocycles. The van der Waals surface area contributed by atoms with Crippen LogP contribution in [0.3, 0.4) is 0 Å². The molecule has 3 atom stereocenters. The summed E-state index contributed by atoms with van der Waals surface area (Å²) in [4.78, 5) is 12.4. The predicted molar refractivity (Wildman–Crippen MR) is 218 cm³/mol. The zero-order valence-electron chi connectivity index (χ0n) is 33.3. The fourth-order valence-electron chi connectivity index (χ4n) is 6.56. The summed E-state index contributed by atoms with van der Waals surface area (Å²) in [7, 11) is 0. The third-order valence-electron chi connectivity index (χ3n) is 9.99. The highest BCUT2D eigenvalue weighted by Gasteiger charge is 2.26. The van der Waals surface area contributed by atoms with Crippen molar-refractivity contribution >= 4 is 5.91 Å². The van der Waals surface area contributed by atoms with E-state index in [0.717, 1.165) is 44.9 Å². The van der Waals surface area contributed by atoms with Gasteiger partial charge in [-0.3, -0.25) is 4.79 Å². The van der Waals surface area contributed by atoms with Gasteiger partial charge in [-0.1, -0.05) is 185 Å². The van der Waals surface area contributed by atoms with Gasteiger partial charge >= 0.3 is 0 Å². The van der Waals surface area contributed by atoms with E-state index < -0.39 is 18.2 Å². The first-order valence-corrected chi connectivity index (χ1v) is 21.8. The topological polar surface area (TPSA) is 89.8 Å². The van der Waals surface area contributed by atoms with E-state index in [-0.39, 0.29) is 12.5 Å². The molecule has 0 spiro atoms. The van der Waals surface area contributed by atoms with E-state index in [9.17, 15) is 20.1 Å². The molecule has 0 bridgehead atoms. The lowest BCUT2D eigenvalue weighted by atomic mass is 10.0. The standard InChI is InChI=1S/C45H85NO4/c1-3-5-7-9-11-13-15-17-19-20-21-22-23-24-26-27-29-31-33-35-37-39-43(48)45(50)42(41-47)46-44(49)40-38-36-34-32-30-28-25-18-16-14-12-10-8-6-4-2/h12,14,16,18,31,33,42-43,45,47-48,50H,3-11,13,15,17,19-30,32,34-41H2,1-2H3,(H,46,49)/b14-12-,18-16-,33-31+. The molecule has 3 unspecified atom stereocenters. The molecule has 5 nitrogen and oxygen atoms in total. The van der Waals surface area contributed by atoms with Crippen LogP contribution in [0.5, 0.6) is 0 Å². The summed E-state index contributed by atoms with van der Waals surface area (Å²) >= 11 is 0. The second-order valence-corrected chi connectivity index (χ2v) is 14.9. The van der Waals surface area contributed by atoms with Gasteiger partial charge in [-0.2, -0.15) is 0 Å². The summed E-state index contributed by atoms with van der Waals surface area (Å²) in [5.74, 6) is -0.166. The molecule has 0 radical (unpaired) electrons. The lowest BCUT2D eigenvalue weighted by Crippen LogP contribution is -2.50. The molecular weight excluding hydrogens is 618 g/mol. The van der Waals surface area contributed by atoms with Crippen LogP contribution in [-0.4, -0.2) is 46.1 Å². The van der Waals surface area contributed by atoms with Crippen molar-refractivity contribution in [2.24, 2.45) is 0 Å². The van der Waals surface area contributed by atoms with Gasteiger partial charge in [0, 0.05) is 6.42 Å². The van der Waals surface area contributed by atoms with E-state index in [4.69, 9.17) is 0 Å². The number of carbonyl (C=O) groups is 1. The molecule has 0 fully saturated rings. The zero-order valence-corrected chi connectivity index (χ0v) is 33.3. The lowest BCUT2D eigenvalue weighted by Gasteiger charge is -2.26. The number of rotatable bonds is 39. The van der Waals surface area contributed by atoms with Crippen molar-refractivity contribution < 1.29 is 20.1 Å². The molecule has 0 aliphatic heterocycles. The maximum atomic E-state index is 12.4. The van der Waals surface area contributed by atoms with Crippen molar-refractivity contribution in [3.63, 3.8) is 0 Å². The Labute approximate surface area is 311 Å². The highest BCUT2D eigenvalue weighted by Crippen LogP contribution is 2.15. The number of aliphatic hydroxyl groups is 3. The van der Waals surface area contributed by atoms with Crippen molar-refractivity contribution in [2.75, 3.05) is 6.61 Å². The second kappa shape index (κ2) is 40.3. The second-order valence-electron chi connectivity index (χ2n) is 14.9. The summed E-state index contributed by atoms with van der Waals surface area (Å²) in [5, 5.41) is 33.5. The summed E-state index contributed by atoms with van der Waals surface area (Å²) in [6, 6.07) is -0.831. The van der Waals surface area contributed by atoms with E-state index >= 15 is 0 Å². The lowest BCUT2D eigenvalue weighted by molar-refractivity contribution is -0.124. The first-order valence-electron chi connectivity index (χ1n) is 21.8. The molecule has 5 heteroatoms. The molecule has 0 rings (SSSR count). The molecule has 0 heterocycles. The van der Waals surface area contributed by atoms with Crippen molar-refractivity contribution in [1.29, 1.82) is 0 Å².